The molecule has 0 fully saturated rings. The van der Waals surface area contributed by atoms with Gasteiger partial charge in [0.1, 0.15) is 5.75 Å². The average Bonchev–Trinajstić information content (AvgIpc) is 2.24. The first-order chi connectivity index (χ1) is 7.63. The van der Waals surface area contributed by atoms with Crippen molar-refractivity contribution in [3.8, 4) is 5.75 Å². The van der Waals surface area contributed by atoms with E-state index >= 15 is 0 Å². The topological polar surface area (TPSA) is 50.4 Å². The fraction of sp³-hybridized carbons (Fsp3) is 0.364. The van der Waals surface area contributed by atoms with E-state index in [0.717, 1.165) is 5.56 Å². The second-order valence-corrected chi connectivity index (χ2v) is 3.74. The second kappa shape index (κ2) is 6.35. The smallest absolute Gasteiger partial charge is 0.410 e. The molecule has 1 aromatic carbocycles. The largest absolute Gasteiger partial charge is 0.412 e. The Morgan fingerprint density at radius 2 is 2.19 bits per heavy atom. The molecule has 4 nitrogen and oxygen atoms in total. The highest BCUT2D eigenvalue weighted by Gasteiger charge is 2.04. The van der Waals surface area contributed by atoms with Crippen molar-refractivity contribution in [2.45, 2.75) is 6.92 Å². The highest BCUT2D eigenvalue weighted by atomic mass is 35.5. The van der Waals surface area contributed by atoms with Gasteiger partial charge in [-0.1, -0.05) is 11.6 Å². The molecule has 0 radical (unpaired) electrons. The summed E-state index contributed by atoms with van der Waals surface area (Å²) >= 11 is 5.86. The quantitative estimate of drug-likeness (QED) is 0.794. The number of benzene rings is 1. The molecule has 0 aliphatic carbocycles. The van der Waals surface area contributed by atoms with Crippen LogP contribution in [-0.2, 0) is 0 Å². The van der Waals surface area contributed by atoms with Crippen molar-refractivity contribution in [3.63, 3.8) is 0 Å². The van der Waals surface area contributed by atoms with Crippen LogP contribution in [0.25, 0.3) is 0 Å². The normalized spacial score (nSPS) is 9.94. The molecular weight excluding hydrogens is 228 g/mol. The highest BCUT2D eigenvalue weighted by Crippen LogP contribution is 2.20. The molecule has 16 heavy (non-hydrogen) atoms. The monoisotopic (exact) mass is 242 g/mol. The van der Waals surface area contributed by atoms with Gasteiger partial charge in [0, 0.05) is 18.1 Å². The summed E-state index contributed by atoms with van der Waals surface area (Å²) in [5.74, 6) is 0.490. The number of hydrogen-bond acceptors (Lipinski definition) is 3. The number of ether oxygens (including phenoxy) is 1. The summed E-state index contributed by atoms with van der Waals surface area (Å²) in [7, 11) is 1.82. The fourth-order valence-electron chi connectivity index (χ4n) is 1.11. The second-order valence-electron chi connectivity index (χ2n) is 3.33. The number of rotatable bonds is 4. The van der Waals surface area contributed by atoms with Gasteiger partial charge >= 0.3 is 6.09 Å². The first-order valence-electron chi connectivity index (χ1n) is 5.00. The molecule has 0 spiro atoms. The van der Waals surface area contributed by atoms with E-state index in [1.54, 1.807) is 18.2 Å². The minimum absolute atomic E-state index is 0.461. The van der Waals surface area contributed by atoms with Crippen molar-refractivity contribution in [1.82, 2.24) is 10.6 Å². The van der Waals surface area contributed by atoms with Gasteiger partial charge in [0.2, 0.25) is 0 Å². The van der Waals surface area contributed by atoms with Crippen molar-refractivity contribution >= 4 is 17.7 Å². The molecule has 0 heterocycles. The lowest BCUT2D eigenvalue weighted by Gasteiger charge is -2.07. The fourth-order valence-corrected chi connectivity index (χ4v) is 1.23. The van der Waals surface area contributed by atoms with E-state index in [4.69, 9.17) is 16.3 Å². The van der Waals surface area contributed by atoms with Gasteiger partial charge in [-0.25, -0.2) is 4.79 Å². The van der Waals surface area contributed by atoms with Gasteiger partial charge in [-0.15, -0.1) is 0 Å². The molecule has 1 rings (SSSR count). The minimum Gasteiger partial charge on any atom is -0.410 e. The van der Waals surface area contributed by atoms with Crippen LogP contribution in [0.15, 0.2) is 18.2 Å². The number of nitrogens with one attached hydrogen (secondary N) is 2. The van der Waals surface area contributed by atoms with Gasteiger partial charge in [0.05, 0.1) is 0 Å². The zero-order valence-electron chi connectivity index (χ0n) is 9.34. The number of carbonyl (C=O) groups is 1. The highest BCUT2D eigenvalue weighted by molar-refractivity contribution is 6.31. The molecule has 2 N–H and O–H groups in total. The van der Waals surface area contributed by atoms with Crippen molar-refractivity contribution in [2.24, 2.45) is 0 Å². The number of amides is 1. The van der Waals surface area contributed by atoms with Crippen molar-refractivity contribution < 1.29 is 9.53 Å². The molecule has 0 aromatic heterocycles. The van der Waals surface area contributed by atoms with Crippen LogP contribution in [0.2, 0.25) is 5.02 Å². The summed E-state index contributed by atoms with van der Waals surface area (Å²) in [6.07, 6.45) is -0.461. The SMILES string of the molecule is CNCCNC(=O)Oc1ccc(Cl)c(C)c1. The van der Waals surface area contributed by atoms with Crippen LogP contribution >= 0.6 is 11.6 Å². The number of carbonyl (C=O) groups excluding carboxylic acids is 1. The van der Waals surface area contributed by atoms with Gasteiger partial charge < -0.3 is 15.4 Å². The van der Waals surface area contributed by atoms with Gasteiger partial charge in [-0.3, -0.25) is 0 Å². The lowest BCUT2D eigenvalue weighted by molar-refractivity contribution is 0.200. The molecule has 5 heteroatoms. The molecule has 0 saturated carbocycles. The number of aryl methyl sites for hydroxylation is 1. The average molecular weight is 243 g/mol. The molecule has 0 unspecified atom stereocenters. The molecule has 0 bridgehead atoms. The van der Waals surface area contributed by atoms with E-state index in [2.05, 4.69) is 10.6 Å². The number of halogens is 1. The number of likely N-dealkylation sites (N-methyl/N-ethyl adjacent to an activating group) is 1. The standard InChI is InChI=1S/C11H15ClN2O2/c1-8-7-9(3-4-10(8)12)16-11(15)14-6-5-13-2/h3-4,7,13H,5-6H2,1-2H3,(H,14,15). The Balaban J connectivity index is 2.46. The van der Waals surface area contributed by atoms with Crippen LogP contribution in [0.1, 0.15) is 5.56 Å². The molecule has 0 atom stereocenters. The van der Waals surface area contributed by atoms with E-state index in [1.165, 1.54) is 0 Å². The molecule has 0 aliphatic heterocycles. The molecule has 1 amide bonds. The maximum Gasteiger partial charge on any atom is 0.412 e. The Morgan fingerprint density at radius 3 is 2.81 bits per heavy atom. The third-order valence-electron chi connectivity index (χ3n) is 1.98. The molecule has 0 aliphatic rings. The van der Waals surface area contributed by atoms with Gasteiger partial charge in [-0.2, -0.15) is 0 Å². The van der Waals surface area contributed by atoms with E-state index < -0.39 is 6.09 Å². The summed E-state index contributed by atoms with van der Waals surface area (Å²) in [5.41, 5.74) is 0.877. The first-order valence-corrected chi connectivity index (χ1v) is 5.37. The van der Waals surface area contributed by atoms with E-state index in [9.17, 15) is 4.79 Å². The van der Waals surface area contributed by atoms with Crippen molar-refractivity contribution in [1.29, 1.82) is 0 Å². The Hall–Kier alpha value is -1.26. The van der Waals surface area contributed by atoms with Crippen molar-refractivity contribution in [2.75, 3.05) is 20.1 Å². The van der Waals surface area contributed by atoms with E-state index in [1.807, 2.05) is 14.0 Å². The predicted octanol–water partition coefficient (Wildman–Crippen LogP) is 1.96. The van der Waals surface area contributed by atoms with Crippen LogP contribution in [0, 0.1) is 6.92 Å². The summed E-state index contributed by atoms with van der Waals surface area (Å²) in [5, 5.41) is 6.18. The zero-order chi connectivity index (χ0) is 12.0. The summed E-state index contributed by atoms with van der Waals surface area (Å²) in [6, 6.07) is 5.08. The summed E-state index contributed by atoms with van der Waals surface area (Å²) in [4.78, 5) is 11.3. The third kappa shape index (κ3) is 4.08. The first kappa shape index (κ1) is 12.8. The Labute approximate surface area is 99.9 Å². The van der Waals surface area contributed by atoms with Crippen LogP contribution in [0.3, 0.4) is 0 Å². The van der Waals surface area contributed by atoms with Gasteiger partial charge in [0.25, 0.3) is 0 Å². The minimum atomic E-state index is -0.461. The summed E-state index contributed by atoms with van der Waals surface area (Å²) < 4.78 is 5.06. The van der Waals surface area contributed by atoms with Gasteiger partial charge in [0.15, 0.2) is 0 Å². The zero-order valence-corrected chi connectivity index (χ0v) is 10.1. The lowest BCUT2D eigenvalue weighted by Crippen LogP contribution is -2.32. The Morgan fingerprint density at radius 1 is 1.44 bits per heavy atom. The van der Waals surface area contributed by atoms with Crippen LogP contribution < -0.4 is 15.4 Å². The molecule has 0 saturated heterocycles. The molecule has 1 aromatic rings. The van der Waals surface area contributed by atoms with E-state index in [-0.39, 0.29) is 0 Å². The van der Waals surface area contributed by atoms with E-state index in [0.29, 0.717) is 23.9 Å². The van der Waals surface area contributed by atoms with Crippen molar-refractivity contribution in [3.05, 3.63) is 28.8 Å². The van der Waals surface area contributed by atoms with Crippen LogP contribution in [0.4, 0.5) is 4.79 Å². The lowest BCUT2D eigenvalue weighted by atomic mass is 10.2. The molecule has 88 valence electrons. The third-order valence-corrected chi connectivity index (χ3v) is 2.41. The van der Waals surface area contributed by atoms with Crippen LogP contribution in [0.5, 0.6) is 5.75 Å². The van der Waals surface area contributed by atoms with Gasteiger partial charge in [-0.05, 0) is 37.7 Å². The molecular formula is C11H15ClN2O2. The summed E-state index contributed by atoms with van der Waals surface area (Å²) in [6.45, 7) is 3.09. The maximum atomic E-state index is 11.3. The maximum absolute atomic E-state index is 11.3. The Bertz CT molecular complexity index is 369. The Kier molecular flexibility index (Phi) is 5.08. The van der Waals surface area contributed by atoms with Crippen LogP contribution in [-0.4, -0.2) is 26.2 Å². The number of hydrogen-bond donors (Lipinski definition) is 2. The predicted molar refractivity (Wildman–Crippen MR) is 64.1 cm³/mol.